The number of halogens is 2. The Hall–Kier alpha value is -1.04. The van der Waals surface area contributed by atoms with Crippen LogP contribution in [0.15, 0.2) is 12.1 Å². The van der Waals surface area contributed by atoms with E-state index in [0.717, 1.165) is 0 Å². The molecule has 0 aliphatic heterocycles. The molecule has 3 N–H and O–H groups in total. The van der Waals surface area contributed by atoms with Crippen molar-refractivity contribution < 1.29 is 13.5 Å². The lowest BCUT2D eigenvalue weighted by atomic mass is 9.87. The Morgan fingerprint density at radius 2 is 1.95 bits per heavy atom. The van der Waals surface area contributed by atoms with Crippen molar-refractivity contribution in [1.82, 2.24) is 5.43 Å². The summed E-state index contributed by atoms with van der Waals surface area (Å²) in [6.45, 7) is 7.60. The highest BCUT2D eigenvalue weighted by Crippen LogP contribution is 2.34. The molecular formula is C14H22F2N2O. The zero-order valence-electron chi connectivity index (χ0n) is 11.9. The van der Waals surface area contributed by atoms with Gasteiger partial charge in [-0.25, -0.2) is 14.2 Å². The van der Waals surface area contributed by atoms with Crippen molar-refractivity contribution in [3.05, 3.63) is 34.9 Å². The number of hydrogen-bond acceptors (Lipinski definition) is 3. The summed E-state index contributed by atoms with van der Waals surface area (Å²) in [4.78, 5) is 0. The molecule has 5 heteroatoms. The van der Waals surface area contributed by atoms with Crippen LogP contribution in [-0.2, 0) is 4.74 Å². The van der Waals surface area contributed by atoms with E-state index < -0.39 is 23.3 Å². The Kier molecular flexibility index (Phi) is 5.40. The fourth-order valence-corrected chi connectivity index (χ4v) is 2.20. The summed E-state index contributed by atoms with van der Waals surface area (Å²) in [5.41, 5.74) is 2.30. The largest absolute Gasteiger partial charge is 0.374 e. The summed E-state index contributed by atoms with van der Waals surface area (Å²) in [7, 11) is 0. The van der Waals surface area contributed by atoms with Gasteiger partial charge in [0, 0.05) is 12.2 Å². The third-order valence-electron chi connectivity index (χ3n) is 3.57. The summed E-state index contributed by atoms with van der Waals surface area (Å²) in [6.07, 6.45) is 0.616. The van der Waals surface area contributed by atoms with Gasteiger partial charge in [0.25, 0.3) is 0 Å². The van der Waals surface area contributed by atoms with Gasteiger partial charge < -0.3 is 4.74 Å². The maximum absolute atomic E-state index is 14.1. The minimum atomic E-state index is -0.873. The van der Waals surface area contributed by atoms with Gasteiger partial charge in [-0.1, -0.05) is 19.1 Å². The van der Waals surface area contributed by atoms with Crippen LogP contribution in [0.5, 0.6) is 0 Å². The molecular weight excluding hydrogens is 250 g/mol. The molecule has 0 aromatic heterocycles. The number of hydrazine groups is 1. The van der Waals surface area contributed by atoms with E-state index in [0.29, 0.717) is 13.0 Å². The number of rotatable bonds is 6. The van der Waals surface area contributed by atoms with Crippen molar-refractivity contribution in [2.75, 3.05) is 6.61 Å². The topological polar surface area (TPSA) is 47.3 Å². The number of ether oxygens (including phenoxy) is 1. The molecule has 0 radical (unpaired) electrons. The average Bonchev–Trinajstić information content (AvgIpc) is 2.39. The first-order chi connectivity index (χ1) is 8.91. The Morgan fingerprint density at radius 1 is 1.32 bits per heavy atom. The number of nitrogens with two attached hydrogens (primary N) is 1. The van der Waals surface area contributed by atoms with E-state index in [4.69, 9.17) is 10.6 Å². The standard InChI is InChI=1S/C14H22F2N2O/c1-5-14(4,19-6-2)13(18-17)10-8-7-9(3)11(15)12(10)16/h7-8,13,18H,5-6,17H2,1-4H3. The van der Waals surface area contributed by atoms with E-state index in [1.165, 1.54) is 6.92 Å². The second-order valence-corrected chi connectivity index (χ2v) is 4.80. The van der Waals surface area contributed by atoms with Gasteiger partial charge in [0.05, 0.1) is 11.6 Å². The predicted molar refractivity (Wildman–Crippen MR) is 71.5 cm³/mol. The van der Waals surface area contributed by atoms with Crippen molar-refractivity contribution in [1.29, 1.82) is 0 Å². The average molecular weight is 272 g/mol. The van der Waals surface area contributed by atoms with Crippen molar-refractivity contribution >= 4 is 0 Å². The SMILES string of the molecule is CCOC(C)(CC)C(NN)c1ccc(C)c(F)c1F. The third-order valence-corrected chi connectivity index (χ3v) is 3.57. The Morgan fingerprint density at radius 3 is 2.42 bits per heavy atom. The molecule has 0 saturated carbocycles. The molecule has 0 saturated heterocycles. The van der Waals surface area contributed by atoms with Crippen molar-refractivity contribution in [3.8, 4) is 0 Å². The molecule has 0 amide bonds. The maximum Gasteiger partial charge on any atom is 0.164 e. The van der Waals surface area contributed by atoms with E-state index in [-0.39, 0.29) is 11.1 Å². The van der Waals surface area contributed by atoms with Crippen LogP contribution >= 0.6 is 0 Å². The Bertz CT molecular complexity index is 440. The maximum atomic E-state index is 14.1. The van der Waals surface area contributed by atoms with Crippen LogP contribution in [0.2, 0.25) is 0 Å². The highest BCUT2D eigenvalue weighted by molar-refractivity contribution is 5.29. The van der Waals surface area contributed by atoms with E-state index >= 15 is 0 Å². The molecule has 0 aliphatic rings. The van der Waals surface area contributed by atoms with Gasteiger partial charge in [0.1, 0.15) is 0 Å². The van der Waals surface area contributed by atoms with Crippen molar-refractivity contribution in [2.45, 2.75) is 45.8 Å². The summed E-state index contributed by atoms with van der Waals surface area (Å²) < 4.78 is 33.4. The Balaban J connectivity index is 3.27. The highest BCUT2D eigenvalue weighted by atomic mass is 19.2. The quantitative estimate of drug-likeness (QED) is 0.618. The molecule has 1 rings (SSSR count). The first-order valence-electron chi connectivity index (χ1n) is 6.45. The van der Waals surface area contributed by atoms with Gasteiger partial charge in [-0.3, -0.25) is 5.84 Å². The summed E-state index contributed by atoms with van der Waals surface area (Å²) in [6, 6.07) is 2.47. The lowest BCUT2D eigenvalue weighted by Crippen LogP contribution is -2.46. The second kappa shape index (κ2) is 6.41. The predicted octanol–water partition coefficient (Wildman–Crippen LogP) is 2.98. The van der Waals surface area contributed by atoms with Crippen molar-refractivity contribution in [2.24, 2.45) is 5.84 Å². The molecule has 0 aliphatic carbocycles. The number of benzene rings is 1. The monoisotopic (exact) mass is 272 g/mol. The van der Waals surface area contributed by atoms with Gasteiger partial charge in [0.15, 0.2) is 11.6 Å². The molecule has 0 bridgehead atoms. The summed E-state index contributed by atoms with van der Waals surface area (Å²) in [5.74, 6) is 3.82. The molecule has 1 aromatic rings. The summed E-state index contributed by atoms with van der Waals surface area (Å²) in [5, 5.41) is 0. The lowest BCUT2D eigenvalue weighted by Gasteiger charge is -2.36. The van der Waals surface area contributed by atoms with Crippen molar-refractivity contribution in [3.63, 3.8) is 0 Å². The molecule has 1 aromatic carbocycles. The third kappa shape index (κ3) is 3.11. The van der Waals surface area contributed by atoms with Gasteiger partial charge in [0.2, 0.25) is 0 Å². The minimum absolute atomic E-state index is 0.184. The van der Waals surface area contributed by atoms with Gasteiger partial charge in [-0.15, -0.1) is 0 Å². The molecule has 0 spiro atoms. The van der Waals surface area contributed by atoms with E-state index in [9.17, 15) is 8.78 Å². The van der Waals surface area contributed by atoms with Gasteiger partial charge >= 0.3 is 0 Å². The van der Waals surface area contributed by atoms with Crippen LogP contribution in [0.1, 0.15) is 44.4 Å². The number of hydrogen-bond donors (Lipinski definition) is 2. The zero-order valence-corrected chi connectivity index (χ0v) is 11.9. The van der Waals surface area contributed by atoms with Crippen LogP contribution in [0.25, 0.3) is 0 Å². The number of nitrogens with one attached hydrogen (secondary N) is 1. The Labute approximate surface area is 113 Å². The molecule has 0 heterocycles. The fraction of sp³-hybridized carbons (Fsp3) is 0.571. The summed E-state index contributed by atoms with van der Waals surface area (Å²) >= 11 is 0. The molecule has 2 unspecified atom stereocenters. The van der Waals surface area contributed by atoms with Crippen LogP contribution < -0.4 is 11.3 Å². The van der Waals surface area contributed by atoms with E-state index in [2.05, 4.69) is 5.43 Å². The second-order valence-electron chi connectivity index (χ2n) is 4.80. The van der Waals surface area contributed by atoms with Crippen LogP contribution in [0.3, 0.4) is 0 Å². The minimum Gasteiger partial charge on any atom is -0.374 e. The lowest BCUT2D eigenvalue weighted by molar-refractivity contribution is -0.0572. The van der Waals surface area contributed by atoms with E-state index in [1.807, 2.05) is 20.8 Å². The highest BCUT2D eigenvalue weighted by Gasteiger charge is 2.36. The van der Waals surface area contributed by atoms with Gasteiger partial charge in [-0.05, 0) is 32.8 Å². The van der Waals surface area contributed by atoms with Gasteiger partial charge in [-0.2, -0.15) is 0 Å². The fourth-order valence-electron chi connectivity index (χ4n) is 2.20. The number of aryl methyl sites for hydroxylation is 1. The van der Waals surface area contributed by atoms with Crippen LogP contribution in [-0.4, -0.2) is 12.2 Å². The van der Waals surface area contributed by atoms with Crippen LogP contribution in [0, 0.1) is 18.6 Å². The first kappa shape index (κ1) is 16.0. The molecule has 2 atom stereocenters. The smallest absolute Gasteiger partial charge is 0.164 e. The first-order valence-corrected chi connectivity index (χ1v) is 6.45. The molecule has 3 nitrogen and oxygen atoms in total. The molecule has 19 heavy (non-hydrogen) atoms. The zero-order chi connectivity index (χ0) is 14.6. The molecule has 108 valence electrons. The normalized spacial score (nSPS) is 16.2. The van der Waals surface area contributed by atoms with Crippen LogP contribution in [0.4, 0.5) is 8.78 Å². The molecule has 0 fully saturated rings. The van der Waals surface area contributed by atoms with E-state index in [1.54, 1.807) is 12.1 Å².